The van der Waals surface area contributed by atoms with Crippen molar-refractivity contribution in [3.63, 3.8) is 0 Å². The number of aromatic hydroxyl groups is 1. The van der Waals surface area contributed by atoms with Crippen LogP contribution in [0.3, 0.4) is 0 Å². The fraction of sp³-hybridized carbons (Fsp3) is 0.250. The van der Waals surface area contributed by atoms with Crippen molar-refractivity contribution in [2.75, 3.05) is 0 Å². The predicted molar refractivity (Wildman–Crippen MR) is 40.8 cm³/mol. The molecule has 0 aliphatic carbocycles. The third-order valence-electron chi connectivity index (χ3n) is 1.66. The Morgan fingerprint density at radius 1 is 1.55 bits per heavy atom. The zero-order valence-electron chi connectivity index (χ0n) is 6.46. The van der Waals surface area contributed by atoms with Gasteiger partial charge < -0.3 is 5.11 Å². The number of nitrogens with zero attached hydrogens (tertiary/aromatic N) is 1. The van der Waals surface area contributed by atoms with Crippen molar-refractivity contribution in [3.8, 4) is 5.75 Å². The Labute approximate surface area is 64.7 Å². The highest BCUT2D eigenvalue weighted by Gasteiger charge is 2.05. The molecule has 1 N–H and O–H groups in total. The number of aryl methyl sites for hydroxylation is 1. The molecule has 58 valence electrons. The molecule has 1 heterocycles. The van der Waals surface area contributed by atoms with Crippen molar-refractivity contribution in [2.45, 2.75) is 13.8 Å². The molecule has 0 aliphatic heterocycles. The lowest BCUT2D eigenvalue weighted by Crippen LogP contribution is -1.91. The van der Waals surface area contributed by atoms with E-state index >= 15 is 0 Å². The molecular weight excluding hydrogens is 142 g/mol. The first-order valence-corrected chi connectivity index (χ1v) is 3.27. The van der Waals surface area contributed by atoms with E-state index < -0.39 is 0 Å². The summed E-state index contributed by atoms with van der Waals surface area (Å²) in [7, 11) is 0. The molecule has 0 atom stereocenters. The molecule has 0 aliphatic rings. The smallest absolute Gasteiger partial charge is 0.152 e. The molecule has 1 aromatic heterocycles. The molecule has 3 nitrogen and oxygen atoms in total. The number of aromatic nitrogens is 1. The zero-order chi connectivity index (χ0) is 8.43. The van der Waals surface area contributed by atoms with Gasteiger partial charge in [0, 0.05) is 17.3 Å². The van der Waals surface area contributed by atoms with Gasteiger partial charge in [0.1, 0.15) is 5.75 Å². The number of hydrogen-bond acceptors (Lipinski definition) is 3. The van der Waals surface area contributed by atoms with Crippen LogP contribution in [0.5, 0.6) is 5.75 Å². The molecule has 1 aromatic rings. The van der Waals surface area contributed by atoms with Crippen LogP contribution in [0.1, 0.15) is 21.6 Å². The molecule has 0 radical (unpaired) electrons. The van der Waals surface area contributed by atoms with E-state index in [-0.39, 0.29) is 5.75 Å². The van der Waals surface area contributed by atoms with Crippen molar-refractivity contribution in [3.05, 3.63) is 23.0 Å². The fourth-order valence-electron chi connectivity index (χ4n) is 0.851. The summed E-state index contributed by atoms with van der Waals surface area (Å²) in [6.45, 7) is 3.38. The molecular formula is C8H9NO2. The van der Waals surface area contributed by atoms with Gasteiger partial charge in [-0.15, -0.1) is 0 Å². The van der Waals surface area contributed by atoms with Crippen molar-refractivity contribution in [1.82, 2.24) is 4.98 Å². The Morgan fingerprint density at radius 2 is 2.18 bits per heavy atom. The Kier molecular flexibility index (Phi) is 1.89. The van der Waals surface area contributed by atoms with Crippen LogP contribution in [0.4, 0.5) is 0 Å². The lowest BCUT2D eigenvalue weighted by Gasteiger charge is -2.02. The van der Waals surface area contributed by atoms with Crippen molar-refractivity contribution in [2.24, 2.45) is 0 Å². The van der Waals surface area contributed by atoms with Crippen molar-refractivity contribution >= 4 is 6.29 Å². The van der Waals surface area contributed by atoms with Crippen molar-refractivity contribution < 1.29 is 9.90 Å². The molecule has 3 heteroatoms. The first-order valence-electron chi connectivity index (χ1n) is 3.27. The largest absolute Gasteiger partial charge is 0.506 e. The number of pyridine rings is 1. The van der Waals surface area contributed by atoms with Gasteiger partial charge in [-0.25, -0.2) is 0 Å². The van der Waals surface area contributed by atoms with Crippen LogP contribution < -0.4 is 0 Å². The first kappa shape index (κ1) is 7.72. The van der Waals surface area contributed by atoms with Gasteiger partial charge in [0.05, 0.1) is 5.69 Å². The van der Waals surface area contributed by atoms with Gasteiger partial charge in [-0.3, -0.25) is 9.78 Å². The summed E-state index contributed by atoms with van der Waals surface area (Å²) in [5, 5.41) is 9.30. The zero-order valence-corrected chi connectivity index (χ0v) is 6.46. The maximum Gasteiger partial charge on any atom is 0.152 e. The first-order chi connectivity index (χ1) is 5.16. The predicted octanol–water partition coefficient (Wildman–Crippen LogP) is 1.22. The fourth-order valence-corrected chi connectivity index (χ4v) is 0.851. The van der Waals surface area contributed by atoms with E-state index in [2.05, 4.69) is 4.98 Å². The summed E-state index contributed by atoms with van der Waals surface area (Å²) in [6, 6.07) is 0. The van der Waals surface area contributed by atoms with E-state index in [0.29, 0.717) is 23.1 Å². The third-order valence-corrected chi connectivity index (χ3v) is 1.66. The van der Waals surface area contributed by atoms with Crippen LogP contribution in [0.2, 0.25) is 0 Å². The van der Waals surface area contributed by atoms with Gasteiger partial charge in [-0.2, -0.15) is 0 Å². The van der Waals surface area contributed by atoms with Crippen LogP contribution in [0.25, 0.3) is 0 Å². The molecule has 0 saturated heterocycles. The normalized spacial score (nSPS) is 9.64. The summed E-state index contributed by atoms with van der Waals surface area (Å²) >= 11 is 0. The van der Waals surface area contributed by atoms with E-state index in [9.17, 15) is 9.90 Å². The quantitative estimate of drug-likeness (QED) is 0.614. The summed E-state index contributed by atoms with van der Waals surface area (Å²) < 4.78 is 0. The second-order valence-corrected chi connectivity index (χ2v) is 2.39. The van der Waals surface area contributed by atoms with Gasteiger partial charge in [0.2, 0.25) is 0 Å². The Hall–Kier alpha value is -1.38. The number of hydrogen-bond donors (Lipinski definition) is 1. The molecule has 0 aromatic carbocycles. The topological polar surface area (TPSA) is 50.2 Å². The average molecular weight is 151 g/mol. The average Bonchev–Trinajstić information content (AvgIpc) is 2.01. The molecule has 0 spiro atoms. The molecule has 1 rings (SSSR count). The van der Waals surface area contributed by atoms with E-state index in [1.54, 1.807) is 13.8 Å². The molecule has 11 heavy (non-hydrogen) atoms. The number of rotatable bonds is 1. The van der Waals surface area contributed by atoms with E-state index in [4.69, 9.17) is 0 Å². The third kappa shape index (κ3) is 1.22. The van der Waals surface area contributed by atoms with Gasteiger partial charge in [0.15, 0.2) is 6.29 Å². The second kappa shape index (κ2) is 2.70. The summed E-state index contributed by atoms with van der Waals surface area (Å²) in [4.78, 5) is 14.2. The Bertz CT molecular complexity index is 294. The van der Waals surface area contributed by atoms with Crippen LogP contribution in [-0.4, -0.2) is 16.4 Å². The van der Waals surface area contributed by atoms with Crippen LogP contribution in [-0.2, 0) is 0 Å². The lowest BCUT2D eigenvalue weighted by molar-refractivity contribution is 0.112. The number of carbonyl (C=O) groups is 1. The molecule has 0 fully saturated rings. The van der Waals surface area contributed by atoms with Crippen molar-refractivity contribution in [1.29, 1.82) is 0 Å². The number of aldehydes is 1. The second-order valence-electron chi connectivity index (χ2n) is 2.39. The highest BCUT2D eigenvalue weighted by Crippen LogP contribution is 2.20. The minimum absolute atomic E-state index is 0.106. The Morgan fingerprint density at radius 3 is 2.73 bits per heavy atom. The maximum absolute atomic E-state index is 10.3. The minimum Gasteiger partial charge on any atom is -0.506 e. The Balaban J connectivity index is 3.36. The summed E-state index contributed by atoms with van der Waals surface area (Å²) in [5.41, 5.74) is 1.58. The van der Waals surface area contributed by atoms with Gasteiger partial charge >= 0.3 is 0 Å². The van der Waals surface area contributed by atoms with E-state index in [1.165, 1.54) is 6.20 Å². The van der Waals surface area contributed by atoms with Gasteiger partial charge in [0.25, 0.3) is 0 Å². The van der Waals surface area contributed by atoms with E-state index in [0.717, 1.165) is 0 Å². The number of carbonyl (C=O) groups excluding carboxylic acids is 1. The lowest BCUT2D eigenvalue weighted by atomic mass is 10.1. The maximum atomic E-state index is 10.3. The highest BCUT2D eigenvalue weighted by atomic mass is 16.3. The SMILES string of the molecule is Cc1ncc(C=O)c(C)c1O. The monoisotopic (exact) mass is 151 g/mol. The van der Waals surface area contributed by atoms with Crippen LogP contribution in [0, 0.1) is 13.8 Å². The van der Waals surface area contributed by atoms with Crippen LogP contribution in [0.15, 0.2) is 6.20 Å². The van der Waals surface area contributed by atoms with Gasteiger partial charge in [-0.05, 0) is 13.8 Å². The summed E-state index contributed by atoms with van der Waals surface area (Å²) in [5.74, 6) is 0.106. The molecule has 0 saturated carbocycles. The summed E-state index contributed by atoms with van der Waals surface area (Å²) in [6.07, 6.45) is 2.14. The molecule has 0 amide bonds. The molecule has 0 unspecified atom stereocenters. The molecule has 0 bridgehead atoms. The van der Waals surface area contributed by atoms with Gasteiger partial charge in [-0.1, -0.05) is 0 Å². The van der Waals surface area contributed by atoms with E-state index in [1.807, 2.05) is 0 Å². The standard InChI is InChI=1S/C8H9NO2/c1-5-7(4-10)3-9-6(2)8(5)11/h3-4,11H,1-2H3. The minimum atomic E-state index is 0.106. The highest BCUT2D eigenvalue weighted by molar-refractivity contribution is 5.77. The van der Waals surface area contributed by atoms with Crippen LogP contribution >= 0.6 is 0 Å².